The van der Waals surface area contributed by atoms with Crippen LogP contribution in [0.25, 0.3) is 16.7 Å². The summed E-state index contributed by atoms with van der Waals surface area (Å²) in [5, 5.41) is 21.8. The lowest BCUT2D eigenvalue weighted by Gasteiger charge is -2.06. The Labute approximate surface area is 155 Å². The quantitative estimate of drug-likeness (QED) is 0.499. The van der Waals surface area contributed by atoms with E-state index >= 15 is 0 Å². The minimum absolute atomic E-state index is 0.223. The zero-order valence-corrected chi connectivity index (χ0v) is 15.4. The summed E-state index contributed by atoms with van der Waals surface area (Å²) in [6.07, 6.45) is 3.61. The Hall–Kier alpha value is -3.49. The van der Waals surface area contributed by atoms with Crippen LogP contribution < -0.4 is 5.32 Å². The molecule has 9 nitrogen and oxygen atoms in total. The molecule has 0 aliphatic rings. The first kappa shape index (κ1) is 17.0. The van der Waals surface area contributed by atoms with Crippen LogP contribution in [0.5, 0.6) is 0 Å². The molecule has 1 aromatic carbocycles. The fourth-order valence-corrected chi connectivity index (χ4v) is 3.30. The molecule has 4 rings (SSSR count). The molecule has 3 aromatic heterocycles. The fraction of sp³-hybridized carbons (Fsp3) is 0.278. The highest BCUT2D eigenvalue weighted by molar-refractivity contribution is 5.97. The molecular formula is C18H20N8O. The molecule has 0 bridgehead atoms. The van der Waals surface area contributed by atoms with Gasteiger partial charge in [0.05, 0.1) is 6.20 Å². The molecule has 4 aromatic rings. The van der Waals surface area contributed by atoms with Crippen molar-refractivity contribution in [2.45, 2.75) is 27.2 Å². The molecule has 1 amide bonds. The Morgan fingerprint density at radius 2 is 2.11 bits per heavy atom. The van der Waals surface area contributed by atoms with Gasteiger partial charge in [-0.15, -0.1) is 5.10 Å². The minimum atomic E-state index is -0.223. The molecule has 3 heterocycles. The number of H-pyrrole nitrogens is 2. The summed E-state index contributed by atoms with van der Waals surface area (Å²) in [5.41, 5.74) is 6.44. The van der Waals surface area contributed by atoms with E-state index in [1.807, 2.05) is 0 Å². The third-order valence-corrected chi connectivity index (χ3v) is 4.93. The average Bonchev–Trinajstić information content (AvgIpc) is 3.38. The molecule has 9 heteroatoms. The van der Waals surface area contributed by atoms with Crippen LogP contribution in [0, 0.1) is 20.8 Å². The summed E-state index contributed by atoms with van der Waals surface area (Å²) in [6, 6.07) is 4.28. The number of aryl methyl sites for hydroxylation is 3. The van der Waals surface area contributed by atoms with Gasteiger partial charge in [0.15, 0.2) is 5.82 Å². The van der Waals surface area contributed by atoms with E-state index in [0.717, 1.165) is 12.1 Å². The second-order valence-corrected chi connectivity index (χ2v) is 6.55. The van der Waals surface area contributed by atoms with Crippen molar-refractivity contribution in [1.29, 1.82) is 0 Å². The topological polar surface area (TPSA) is 117 Å². The number of amides is 1. The highest BCUT2D eigenvalue weighted by Crippen LogP contribution is 2.27. The second kappa shape index (κ2) is 6.67. The Morgan fingerprint density at radius 1 is 1.26 bits per heavy atom. The molecule has 0 radical (unpaired) electrons. The Morgan fingerprint density at radius 3 is 2.89 bits per heavy atom. The van der Waals surface area contributed by atoms with Crippen LogP contribution in [0.2, 0.25) is 0 Å². The summed E-state index contributed by atoms with van der Waals surface area (Å²) < 4.78 is 1.37. The molecule has 3 N–H and O–H groups in total. The first-order valence-corrected chi connectivity index (χ1v) is 8.68. The summed E-state index contributed by atoms with van der Waals surface area (Å²) in [5.74, 6) is 0.214. The number of hydrogen-bond acceptors (Lipinski definition) is 5. The number of carbonyl (C=O) groups is 1. The van der Waals surface area contributed by atoms with Crippen LogP contribution in [0.1, 0.15) is 32.7 Å². The zero-order valence-electron chi connectivity index (χ0n) is 15.4. The number of benzene rings is 1. The lowest BCUT2D eigenvalue weighted by Crippen LogP contribution is -2.26. The van der Waals surface area contributed by atoms with E-state index in [9.17, 15) is 4.79 Å². The van der Waals surface area contributed by atoms with Crippen molar-refractivity contribution < 1.29 is 4.79 Å². The van der Waals surface area contributed by atoms with Crippen LogP contribution in [-0.2, 0) is 6.42 Å². The maximum atomic E-state index is 12.5. The van der Waals surface area contributed by atoms with Gasteiger partial charge in [-0.3, -0.25) is 9.89 Å². The summed E-state index contributed by atoms with van der Waals surface area (Å²) in [6.45, 7) is 6.81. The van der Waals surface area contributed by atoms with Crippen molar-refractivity contribution in [2.24, 2.45) is 0 Å². The predicted molar refractivity (Wildman–Crippen MR) is 99.8 cm³/mol. The summed E-state index contributed by atoms with van der Waals surface area (Å²) >= 11 is 0. The molecule has 0 fully saturated rings. The lowest BCUT2D eigenvalue weighted by molar-refractivity contribution is 0.0954. The number of tetrazole rings is 1. The van der Waals surface area contributed by atoms with Gasteiger partial charge >= 0.3 is 0 Å². The van der Waals surface area contributed by atoms with Gasteiger partial charge in [-0.1, -0.05) is 12.1 Å². The van der Waals surface area contributed by atoms with Crippen LogP contribution in [-0.4, -0.2) is 47.8 Å². The molecule has 27 heavy (non-hydrogen) atoms. The first-order chi connectivity index (χ1) is 13.1. The Bertz CT molecular complexity index is 1110. The molecule has 0 unspecified atom stereocenters. The van der Waals surface area contributed by atoms with Crippen molar-refractivity contribution >= 4 is 16.8 Å². The maximum Gasteiger partial charge on any atom is 0.256 e. The number of aromatic nitrogens is 7. The molecule has 0 aliphatic heterocycles. The predicted octanol–water partition coefficient (Wildman–Crippen LogP) is 1.76. The van der Waals surface area contributed by atoms with E-state index in [1.54, 1.807) is 0 Å². The molecule has 0 saturated carbocycles. The van der Waals surface area contributed by atoms with E-state index in [1.165, 1.54) is 44.8 Å². The molecule has 0 saturated heterocycles. The number of fused-ring (bicyclic) bond motifs is 1. The lowest BCUT2D eigenvalue weighted by atomic mass is 10.0. The molecule has 0 atom stereocenters. The maximum absolute atomic E-state index is 12.5. The van der Waals surface area contributed by atoms with E-state index in [-0.39, 0.29) is 5.91 Å². The minimum Gasteiger partial charge on any atom is -0.358 e. The van der Waals surface area contributed by atoms with Crippen molar-refractivity contribution in [3.05, 3.63) is 52.6 Å². The monoisotopic (exact) mass is 364 g/mol. The van der Waals surface area contributed by atoms with Gasteiger partial charge in [0.1, 0.15) is 11.9 Å². The second-order valence-electron chi connectivity index (χ2n) is 6.55. The number of aromatic amines is 2. The van der Waals surface area contributed by atoms with Crippen LogP contribution in [0.3, 0.4) is 0 Å². The normalized spacial score (nSPS) is 11.2. The van der Waals surface area contributed by atoms with Crippen LogP contribution in [0.15, 0.2) is 24.7 Å². The molecule has 0 spiro atoms. The number of nitrogens with one attached hydrogen (secondary N) is 3. The van der Waals surface area contributed by atoms with E-state index in [4.69, 9.17) is 0 Å². The smallest absolute Gasteiger partial charge is 0.256 e. The van der Waals surface area contributed by atoms with Crippen molar-refractivity contribution in [3.8, 4) is 5.82 Å². The third kappa shape index (κ3) is 2.97. The van der Waals surface area contributed by atoms with Gasteiger partial charge in [-0.2, -0.15) is 9.78 Å². The largest absolute Gasteiger partial charge is 0.358 e. The van der Waals surface area contributed by atoms with Gasteiger partial charge in [0.2, 0.25) is 0 Å². The number of rotatable bonds is 5. The summed E-state index contributed by atoms with van der Waals surface area (Å²) in [7, 11) is 0. The molecular weight excluding hydrogens is 344 g/mol. The zero-order chi connectivity index (χ0) is 19.0. The number of hydrogen-bond donors (Lipinski definition) is 3. The van der Waals surface area contributed by atoms with Crippen molar-refractivity contribution in [1.82, 2.24) is 40.7 Å². The number of carbonyl (C=O) groups excluding carboxylic acids is 1. The van der Waals surface area contributed by atoms with Crippen molar-refractivity contribution in [3.63, 3.8) is 0 Å². The first-order valence-electron chi connectivity index (χ1n) is 8.68. The van der Waals surface area contributed by atoms with E-state index in [2.05, 4.69) is 68.9 Å². The average molecular weight is 364 g/mol. The van der Waals surface area contributed by atoms with Crippen LogP contribution >= 0.6 is 0 Å². The standard InChI is InChI=1S/C18H20N8O/c1-10-4-5-14-13(12(3)22-16(14)11(10)2)6-7-19-18(27)15-8-20-23-17(15)26-9-21-24-25-26/h4-5,8-9,22H,6-7H2,1-3H3,(H,19,27)(H,20,23). The van der Waals surface area contributed by atoms with Crippen molar-refractivity contribution in [2.75, 3.05) is 6.54 Å². The third-order valence-electron chi connectivity index (χ3n) is 4.93. The summed E-state index contributed by atoms with van der Waals surface area (Å²) in [4.78, 5) is 16.0. The van der Waals surface area contributed by atoms with Gasteiger partial charge in [0, 0.05) is 23.1 Å². The Balaban J connectivity index is 1.49. The fourth-order valence-electron chi connectivity index (χ4n) is 3.30. The Kier molecular flexibility index (Phi) is 4.19. The van der Waals surface area contributed by atoms with Gasteiger partial charge in [0.25, 0.3) is 5.91 Å². The molecule has 138 valence electrons. The van der Waals surface area contributed by atoms with E-state index in [0.29, 0.717) is 17.9 Å². The molecule has 0 aliphatic carbocycles. The van der Waals surface area contributed by atoms with Gasteiger partial charge < -0.3 is 10.3 Å². The highest BCUT2D eigenvalue weighted by Gasteiger charge is 2.17. The van der Waals surface area contributed by atoms with Gasteiger partial charge in [-0.25, -0.2) is 0 Å². The SMILES string of the molecule is Cc1ccc2c(CCNC(=O)c3cn[nH]c3-n3cnnn3)c(C)[nH]c2c1C. The highest BCUT2D eigenvalue weighted by atomic mass is 16.1. The number of nitrogens with zero attached hydrogens (tertiary/aromatic N) is 5. The van der Waals surface area contributed by atoms with Crippen LogP contribution in [0.4, 0.5) is 0 Å². The van der Waals surface area contributed by atoms with Gasteiger partial charge in [-0.05, 0) is 54.3 Å². The van der Waals surface area contributed by atoms with E-state index < -0.39 is 0 Å².